The lowest BCUT2D eigenvalue weighted by atomic mass is 10.2. The molecular weight excluding hydrogens is 388 g/mol. The third kappa shape index (κ3) is 5.38. The summed E-state index contributed by atoms with van der Waals surface area (Å²) in [7, 11) is 1.56. The van der Waals surface area contributed by atoms with E-state index in [1.807, 2.05) is 13.8 Å². The second-order valence-corrected chi connectivity index (χ2v) is 6.47. The monoisotopic (exact) mass is 410 g/mol. The van der Waals surface area contributed by atoms with Crippen LogP contribution in [0, 0.1) is 13.8 Å². The number of carbonyl (C=O) groups excluding carboxylic acids is 2. The normalized spacial score (nSPS) is 10.4. The number of amides is 1. The molecule has 0 aliphatic heterocycles. The van der Waals surface area contributed by atoms with Crippen molar-refractivity contribution in [2.75, 3.05) is 19.0 Å². The SMILES string of the molecule is COc1ccc(NC(=O)COC(=O)c2cccc(OCc3c(C)noc3C)c2)cc1. The Morgan fingerprint density at radius 2 is 1.83 bits per heavy atom. The average molecular weight is 410 g/mol. The molecule has 0 radical (unpaired) electrons. The van der Waals surface area contributed by atoms with Crippen LogP contribution in [0.3, 0.4) is 0 Å². The zero-order valence-electron chi connectivity index (χ0n) is 16.9. The highest BCUT2D eigenvalue weighted by Gasteiger charge is 2.13. The van der Waals surface area contributed by atoms with Crippen molar-refractivity contribution < 1.29 is 28.3 Å². The summed E-state index contributed by atoms with van der Waals surface area (Å²) in [6, 6.07) is 13.4. The Morgan fingerprint density at radius 1 is 1.07 bits per heavy atom. The Labute approximate surface area is 173 Å². The van der Waals surface area contributed by atoms with Crippen molar-refractivity contribution in [3.8, 4) is 11.5 Å². The molecule has 0 bridgehead atoms. The minimum absolute atomic E-state index is 0.268. The molecule has 1 heterocycles. The van der Waals surface area contributed by atoms with Crippen LogP contribution in [0.25, 0.3) is 0 Å². The zero-order valence-corrected chi connectivity index (χ0v) is 16.9. The van der Waals surface area contributed by atoms with Crippen LogP contribution < -0.4 is 14.8 Å². The molecule has 0 fully saturated rings. The van der Waals surface area contributed by atoms with Gasteiger partial charge in [0.05, 0.1) is 23.9 Å². The second kappa shape index (κ2) is 9.60. The highest BCUT2D eigenvalue weighted by Crippen LogP contribution is 2.19. The Hall–Kier alpha value is -3.81. The third-order valence-corrected chi connectivity index (χ3v) is 4.34. The molecule has 0 aliphatic carbocycles. The van der Waals surface area contributed by atoms with E-state index in [-0.39, 0.29) is 12.2 Å². The summed E-state index contributed by atoms with van der Waals surface area (Å²) in [5.41, 5.74) is 2.47. The van der Waals surface area contributed by atoms with E-state index >= 15 is 0 Å². The molecule has 3 rings (SSSR count). The minimum Gasteiger partial charge on any atom is -0.497 e. The highest BCUT2D eigenvalue weighted by molar-refractivity contribution is 5.95. The predicted molar refractivity (Wildman–Crippen MR) is 109 cm³/mol. The maximum Gasteiger partial charge on any atom is 0.338 e. The lowest BCUT2D eigenvalue weighted by Gasteiger charge is -2.09. The first-order valence-electron chi connectivity index (χ1n) is 9.22. The van der Waals surface area contributed by atoms with Gasteiger partial charge in [-0.25, -0.2) is 4.79 Å². The molecule has 0 saturated heterocycles. The van der Waals surface area contributed by atoms with Crippen LogP contribution in [0.5, 0.6) is 11.5 Å². The maximum absolute atomic E-state index is 12.3. The third-order valence-electron chi connectivity index (χ3n) is 4.34. The molecule has 0 saturated carbocycles. The number of carbonyl (C=O) groups is 2. The van der Waals surface area contributed by atoms with Crippen LogP contribution in [0.15, 0.2) is 53.1 Å². The van der Waals surface area contributed by atoms with Crippen LogP contribution in [0.4, 0.5) is 5.69 Å². The first-order chi connectivity index (χ1) is 14.5. The molecule has 2 aromatic carbocycles. The van der Waals surface area contributed by atoms with Crippen LogP contribution in [0.1, 0.15) is 27.4 Å². The van der Waals surface area contributed by atoms with E-state index in [1.165, 1.54) is 0 Å². The fourth-order valence-electron chi connectivity index (χ4n) is 2.66. The van der Waals surface area contributed by atoms with Crippen LogP contribution in [0.2, 0.25) is 0 Å². The Bertz CT molecular complexity index is 1010. The highest BCUT2D eigenvalue weighted by atomic mass is 16.5. The molecular formula is C22H22N2O6. The number of rotatable bonds is 8. The quantitative estimate of drug-likeness (QED) is 0.566. The van der Waals surface area contributed by atoms with Crippen LogP contribution in [-0.4, -0.2) is 30.7 Å². The van der Waals surface area contributed by atoms with Gasteiger partial charge in [0.1, 0.15) is 23.9 Å². The summed E-state index contributed by atoms with van der Waals surface area (Å²) in [5, 5.41) is 6.53. The standard InChI is InChI=1S/C22H22N2O6/c1-14-20(15(2)30-24-14)12-28-19-6-4-5-16(11-19)22(26)29-13-21(25)23-17-7-9-18(27-3)10-8-17/h4-11H,12-13H2,1-3H3,(H,23,25). The Morgan fingerprint density at radius 3 is 2.50 bits per heavy atom. The summed E-state index contributed by atoms with van der Waals surface area (Å²) in [6.07, 6.45) is 0. The van der Waals surface area contributed by atoms with Crippen molar-refractivity contribution >= 4 is 17.6 Å². The summed E-state index contributed by atoms with van der Waals surface area (Å²) in [4.78, 5) is 24.3. The topological polar surface area (TPSA) is 99.9 Å². The van der Waals surface area contributed by atoms with E-state index in [9.17, 15) is 9.59 Å². The number of ether oxygens (including phenoxy) is 3. The number of methoxy groups -OCH3 is 1. The van der Waals surface area contributed by atoms with Gasteiger partial charge in [-0.3, -0.25) is 4.79 Å². The fourth-order valence-corrected chi connectivity index (χ4v) is 2.66. The first kappa shape index (κ1) is 20.9. The van der Waals surface area contributed by atoms with E-state index in [4.69, 9.17) is 18.7 Å². The van der Waals surface area contributed by atoms with E-state index in [1.54, 1.807) is 55.6 Å². The van der Waals surface area contributed by atoms with Gasteiger partial charge < -0.3 is 24.1 Å². The van der Waals surface area contributed by atoms with Gasteiger partial charge in [0.15, 0.2) is 6.61 Å². The minimum atomic E-state index is -0.623. The summed E-state index contributed by atoms with van der Waals surface area (Å²) in [6.45, 7) is 3.50. The number of hydrogen-bond donors (Lipinski definition) is 1. The molecule has 8 heteroatoms. The number of nitrogens with zero attached hydrogens (tertiary/aromatic N) is 1. The number of benzene rings is 2. The van der Waals surface area contributed by atoms with Gasteiger partial charge in [0, 0.05) is 5.69 Å². The van der Waals surface area contributed by atoms with Gasteiger partial charge >= 0.3 is 5.97 Å². The van der Waals surface area contributed by atoms with Gasteiger partial charge in [-0.1, -0.05) is 11.2 Å². The lowest BCUT2D eigenvalue weighted by molar-refractivity contribution is -0.119. The Balaban J connectivity index is 1.52. The zero-order chi connectivity index (χ0) is 21.5. The van der Waals surface area contributed by atoms with Gasteiger partial charge in [-0.2, -0.15) is 0 Å². The number of esters is 1. The molecule has 156 valence electrons. The summed E-state index contributed by atoms with van der Waals surface area (Å²) >= 11 is 0. The molecule has 30 heavy (non-hydrogen) atoms. The van der Waals surface area contributed by atoms with Crippen molar-refractivity contribution in [1.82, 2.24) is 5.16 Å². The maximum atomic E-state index is 12.3. The molecule has 1 amide bonds. The lowest BCUT2D eigenvalue weighted by Crippen LogP contribution is -2.20. The van der Waals surface area contributed by atoms with Gasteiger partial charge in [0.2, 0.25) is 0 Å². The second-order valence-electron chi connectivity index (χ2n) is 6.47. The van der Waals surface area contributed by atoms with Gasteiger partial charge in [0.25, 0.3) is 5.91 Å². The van der Waals surface area contributed by atoms with Crippen molar-refractivity contribution in [3.63, 3.8) is 0 Å². The molecule has 1 N–H and O–H groups in total. The van der Waals surface area contributed by atoms with E-state index in [0.717, 1.165) is 11.3 Å². The summed E-state index contributed by atoms with van der Waals surface area (Å²) < 4.78 is 21.0. The van der Waals surface area contributed by atoms with Crippen molar-refractivity contribution in [2.24, 2.45) is 0 Å². The molecule has 0 aliphatic rings. The number of anilines is 1. The number of hydrogen-bond acceptors (Lipinski definition) is 7. The summed E-state index contributed by atoms with van der Waals surface area (Å²) in [5.74, 6) is 0.788. The molecule has 0 spiro atoms. The first-order valence-corrected chi connectivity index (χ1v) is 9.22. The smallest absolute Gasteiger partial charge is 0.338 e. The predicted octanol–water partition coefficient (Wildman–Crippen LogP) is 3.67. The van der Waals surface area contributed by atoms with E-state index in [0.29, 0.717) is 22.9 Å². The average Bonchev–Trinajstić information content (AvgIpc) is 3.08. The van der Waals surface area contributed by atoms with Crippen molar-refractivity contribution in [3.05, 3.63) is 71.1 Å². The van der Waals surface area contributed by atoms with Crippen molar-refractivity contribution in [2.45, 2.75) is 20.5 Å². The molecule has 1 aromatic heterocycles. The van der Waals surface area contributed by atoms with Gasteiger partial charge in [-0.05, 0) is 56.3 Å². The van der Waals surface area contributed by atoms with Crippen molar-refractivity contribution in [1.29, 1.82) is 0 Å². The fraction of sp³-hybridized carbons (Fsp3) is 0.227. The number of aromatic nitrogens is 1. The molecule has 0 atom stereocenters. The van der Waals surface area contributed by atoms with Gasteiger partial charge in [-0.15, -0.1) is 0 Å². The van der Waals surface area contributed by atoms with E-state index in [2.05, 4.69) is 10.5 Å². The largest absolute Gasteiger partial charge is 0.497 e. The number of aryl methyl sites for hydroxylation is 2. The van der Waals surface area contributed by atoms with Crippen LogP contribution >= 0.6 is 0 Å². The number of nitrogens with one attached hydrogen (secondary N) is 1. The molecule has 0 unspecified atom stereocenters. The van der Waals surface area contributed by atoms with Crippen LogP contribution in [-0.2, 0) is 16.1 Å². The Kier molecular flexibility index (Phi) is 6.69. The molecule has 3 aromatic rings. The van der Waals surface area contributed by atoms with E-state index < -0.39 is 18.5 Å². The molecule has 8 nitrogen and oxygen atoms in total.